The average Bonchev–Trinajstić information content (AvgIpc) is 3.53. The van der Waals surface area contributed by atoms with Gasteiger partial charge >= 0.3 is 0 Å². The van der Waals surface area contributed by atoms with E-state index in [0.717, 1.165) is 35.5 Å². The minimum absolute atomic E-state index is 0.0678. The van der Waals surface area contributed by atoms with Gasteiger partial charge in [-0.25, -0.2) is 0 Å². The minimum atomic E-state index is -0.123. The van der Waals surface area contributed by atoms with Crippen molar-refractivity contribution in [3.05, 3.63) is 54.1 Å². The SMILES string of the molecule is CCn1c(SCC(=O)Nc2ccc(NC(=O)C3CC3)cc2)nnc1-c1cccc(C)c1. The van der Waals surface area contributed by atoms with Crippen LogP contribution in [0.25, 0.3) is 11.4 Å². The number of aromatic nitrogens is 3. The van der Waals surface area contributed by atoms with E-state index in [2.05, 4.69) is 26.9 Å². The highest BCUT2D eigenvalue weighted by atomic mass is 32.2. The van der Waals surface area contributed by atoms with Crippen molar-refractivity contribution in [3.63, 3.8) is 0 Å². The molecular weight excluding hydrogens is 410 g/mol. The molecule has 4 rings (SSSR count). The second kappa shape index (κ2) is 9.34. The van der Waals surface area contributed by atoms with Crippen molar-refractivity contribution in [2.24, 2.45) is 5.92 Å². The van der Waals surface area contributed by atoms with Crippen molar-refractivity contribution in [3.8, 4) is 11.4 Å². The Labute approximate surface area is 185 Å². The van der Waals surface area contributed by atoms with E-state index in [9.17, 15) is 9.59 Å². The number of amides is 2. The third-order valence-electron chi connectivity index (χ3n) is 5.03. The van der Waals surface area contributed by atoms with Crippen molar-refractivity contribution in [2.45, 2.75) is 38.4 Å². The van der Waals surface area contributed by atoms with Crippen LogP contribution in [0.2, 0.25) is 0 Å². The van der Waals surface area contributed by atoms with Gasteiger partial charge in [-0.15, -0.1) is 10.2 Å². The van der Waals surface area contributed by atoms with Gasteiger partial charge in [0.05, 0.1) is 5.75 Å². The summed E-state index contributed by atoms with van der Waals surface area (Å²) in [6, 6.07) is 15.3. The first-order chi connectivity index (χ1) is 15.0. The predicted molar refractivity (Wildman–Crippen MR) is 123 cm³/mol. The van der Waals surface area contributed by atoms with Crippen molar-refractivity contribution in [1.82, 2.24) is 14.8 Å². The van der Waals surface area contributed by atoms with Gasteiger partial charge in [-0.2, -0.15) is 0 Å². The Balaban J connectivity index is 1.34. The molecule has 31 heavy (non-hydrogen) atoms. The summed E-state index contributed by atoms with van der Waals surface area (Å²) in [7, 11) is 0. The first-order valence-corrected chi connectivity index (χ1v) is 11.4. The third kappa shape index (κ3) is 5.32. The molecule has 1 fully saturated rings. The van der Waals surface area contributed by atoms with E-state index in [4.69, 9.17) is 0 Å². The largest absolute Gasteiger partial charge is 0.326 e. The first-order valence-electron chi connectivity index (χ1n) is 10.4. The maximum absolute atomic E-state index is 12.4. The van der Waals surface area contributed by atoms with E-state index in [0.29, 0.717) is 17.4 Å². The molecule has 1 saturated carbocycles. The molecule has 0 atom stereocenters. The van der Waals surface area contributed by atoms with Crippen LogP contribution in [0.3, 0.4) is 0 Å². The Morgan fingerprint density at radius 1 is 1.06 bits per heavy atom. The summed E-state index contributed by atoms with van der Waals surface area (Å²) in [5.74, 6) is 1.14. The van der Waals surface area contributed by atoms with Gasteiger partial charge in [0.25, 0.3) is 0 Å². The summed E-state index contributed by atoms with van der Waals surface area (Å²) in [5, 5.41) is 15.1. The second-order valence-electron chi connectivity index (χ2n) is 7.60. The lowest BCUT2D eigenvalue weighted by Gasteiger charge is -2.09. The number of hydrogen-bond donors (Lipinski definition) is 2. The number of benzene rings is 2. The monoisotopic (exact) mass is 435 g/mol. The molecule has 2 aromatic carbocycles. The molecule has 0 bridgehead atoms. The fraction of sp³-hybridized carbons (Fsp3) is 0.304. The number of rotatable bonds is 8. The number of nitrogens with zero attached hydrogens (tertiary/aromatic N) is 3. The molecule has 0 unspecified atom stereocenters. The zero-order valence-corrected chi connectivity index (χ0v) is 18.4. The molecule has 3 aromatic rings. The van der Waals surface area contributed by atoms with Gasteiger partial charge in [-0.1, -0.05) is 35.5 Å². The van der Waals surface area contributed by atoms with Crippen LogP contribution in [0.5, 0.6) is 0 Å². The number of hydrogen-bond acceptors (Lipinski definition) is 5. The summed E-state index contributed by atoms with van der Waals surface area (Å²) >= 11 is 1.36. The van der Waals surface area contributed by atoms with E-state index in [1.807, 2.05) is 36.6 Å². The topological polar surface area (TPSA) is 88.9 Å². The number of nitrogens with one attached hydrogen (secondary N) is 2. The van der Waals surface area contributed by atoms with Crippen molar-refractivity contribution in [1.29, 1.82) is 0 Å². The van der Waals surface area contributed by atoms with Crippen LogP contribution >= 0.6 is 11.8 Å². The maximum Gasteiger partial charge on any atom is 0.234 e. The number of thioether (sulfide) groups is 1. The van der Waals surface area contributed by atoms with Crippen LogP contribution in [0, 0.1) is 12.8 Å². The summed E-state index contributed by atoms with van der Waals surface area (Å²) in [5.41, 5.74) is 3.60. The van der Waals surface area contributed by atoms with Gasteiger partial charge in [0.2, 0.25) is 11.8 Å². The summed E-state index contributed by atoms with van der Waals surface area (Å²) in [6.45, 7) is 4.80. The van der Waals surface area contributed by atoms with Gasteiger partial charge in [0.1, 0.15) is 0 Å². The zero-order valence-electron chi connectivity index (χ0n) is 17.6. The molecule has 1 heterocycles. The zero-order chi connectivity index (χ0) is 21.8. The van der Waals surface area contributed by atoms with Crippen molar-refractivity contribution >= 4 is 35.0 Å². The smallest absolute Gasteiger partial charge is 0.234 e. The number of carbonyl (C=O) groups is 2. The van der Waals surface area contributed by atoms with Gasteiger partial charge in [-0.05, 0) is 57.0 Å². The van der Waals surface area contributed by atoms with Gasteiger partial charge in [0.15, 0.2) is 11.0 Å². The molecule has 7 nitrogen and oxygen atoms in total. The number of aryl methyl sites for hydroxylation is 1. The van der Waals surface area contributed by atoms with Crippen LogP contribution in [0.1, 0.15) is 25.3 Å². The van der Waals surface area contributed by atoms with Gasteiger partial charge < -0.3 is 15.2 Å². The van der Waals surface area contributed by atoms with E-state index in [-0.39, 0.29) is 23.5 Å². The second-order valence-corrected chi connectivity index (χ2v) is 8.54. The first kappa shape index (κ1) is 21.1. The highest BCUT2D eigenvalue weighted by Crippen LogP contribution is 2.30. The molecular formula is C23H25N5O2S. The Morgan fingerprint density at radius 3 is 2.42 bits per heavy atom. The quantitative estimate of drug-likeness (QED) is 0.514. The van der Waals surface area contributed by atoms with E-state index >= 15 is 0 Å². The molecule has 1 aliphatic rings. The molecule has 1 aliphatic carbocycles. The fourth-order valence-corrected chi connectivity index (χ4v) is 4.03. The van der Waals surface area contributed by atoms with Crippen molar-refractivity contribution in [2.75, 3.05) is 16.4 Å². The van der Waals surface area contributed by atoms with Gasteiger partial charge in [-0.3, -0.25) is 9.59 Å². The Hall–Kier alpha value is -3.13. The summed E-state index contributed by atoms with van der Waals surface area (Å²) in [6.07, 6.45) is 1.94. The lowest BCUT2D eigenvalue weighted by atomic mass is 10.1. The highest BCUT2D eigenvalue weighted by Gasteiger charge is 2.29. The maximum atomic E-state index is 12.4. The Morgan fingerprint density at radius 2 is 1.77 bits per heavy atom. The molecule has 0 saturated heterocycles. The van der Waals surface area contributed by atoms with Crippen LogP contribution in [0.4, 0.5) is 11.4 Å². The number of anilines is 2. The molecule has 8 heteroatoms. The highest BCUT2D eigenvalue weighted by molar-refractivity contribution is 7.99. The molecule has 160 valence electrons. The fourth-order valence-electron chi connectivity index (χ4n) is 3.23. The van der Waals surface area contributed by atoms with Crippen LogP contribution in [-0.2, 0) is 16.1 Å². The minimum Gasteiger partial charge on any atom is -0.326 e. The molecule has 0 aliphatic heterocycles. The lowest BCUT2D eigenvalue weighted by molar-refractivity contribution is -0.117. The summed E-state index contributed by atoms with van der Waals surface area (Å²) in [4.78, 5) is 24.2. The van der Waals surface area contributed by atoms with E-state index < -0.39 is 0 Å². The Bertz CT molecular complexity index is 1090. The van der Waals surface area contributed by atoms with Gasteiger partial charge in [0, 0.05) is 29.4 Å². The summed E-state index contributed by atoms with van der Waals surface area (Å²) < 4.78 is 2.02. The average molecular weight is 436 g/mol. The number of carbonyl (C=O) groups excluding carboxylic acids is 2. The van der Waals surface area contributed by atoms with E-state index in [1.165, 1.54) is 11.8 Å². The molecule has 0 radical (unpaired) electrons. The van der Waals surface area contributed by atoms with Crippen LogP contribution in [-0.4, -0.2) is 32.3 Å². The molecule has 2 N–H and O–H groups in total. The Kier molecular flexibility index (Phi) is 6.36. The predicted octanol–water partition coefficient (Wildman–Crippen LogP) is 4.35. The van der Waals surface area contributed by atoms with Crippen LogP contribution in [0.15, 0.2) is 53.7 Å². The normalized spacial score (nSPS) is 13.1. The molecule has 1 aromatic heterocycles. The lowest BCUT2D eigenvalue weighted by Crippen LogP contribution is -2.15. The van der Waals surface area contributed by atoms with Crippen molar-refractivity contribution < 1.29 is 9.59 Å². The van der Waals surface area contributed by atoms with E-state index in [1.54, 1.807) is 24.3 Å². The third-order valence-corrected chi connectivity index (χ3v) is 5.99. The standard InChI is InChI=1S/C23H25N5O2S/c1-3-28-21(17-6-4-5-15(2)13-17)26-27-23(28)31-14-20(29)24-18-9-11-19(12-10-18)25-22(30)16-7-8-16/h4-6,9-13,16H,3,7-8,14H2,1-2H3,(H,24,29)(H,25,30). The molecule has 0 spiro atoms. The van der Waals surface area contributed by atoms with Crippen LogP contribution < -0.4 is 10.6 Å². The molecule has 2 amide bonds.